The molecule has 72 valence electrons. The Kier molecular flexibility index (Phi) is 2.85. The largest absolute Gasteiger partial charge is 0.475 e. The highest BCUT2D eigenvalue weighted by molar-refractivity contribution is 6.41. The van der Waals surface area contributed by atoms with Gasteiger partial charge < -0.3 is 14.9 Å². The van der Waals surface area contributed by atoms with Crippen molar-refractivity contribution in [2.75, 3.05) is 0 Å². The number of ether oxygens (including phenoxy) is 1. The smallest absolute Gasteiger partial charge is 0.371 e. The topological polar surface area (TPSA) is 66.8 Å². The summed E-state index contributed by atoms with van der Waals surface area (Å²) < 4.78 is 4.60. The summed E-state index contributed by atoms with van der Waals surface area (Å²) in [5.41, 5.74) is 0.199. The molecule has 0 aromatic carbocycles. The lowest BCUT2D eigenvalue weighted by Crippen LogP contribution is -2.22. The quantitative estimate of drug-likeness (QED) is 0.707. The SMILES string of the molecule is CC1=C(C(=O)O)OC(O)C(Cl)=C1Cl. The number of halogens is 2. The third kappa shape index (κ3) is 1.80. The minimum absolute atomic E-state index is 0.0119. The Hall–Kier alpha value is -0.710. The van der Waals surface area contributed by atoms with E-state index >= 15 is 0 Å². The number of aliphatic hydroxyl groups is 1. The lowest BCUT2D eigenvalue weighted by atomic mass is 10.2. The lowest BCUT2D eigenvalue weighted by molar-refractivity contribution is -0.141. The molecule has 1 aliphatic rings. The molecule has 0 aliphatic carbocycles. The molecule has 13 heavy (non-hydrogen) atoms. The Morgan fingerprint density at radius 3 is 2.54 bits per heavy atom. The summed E-state index contributed by atoms with van der Waals surface area (Å²) in [6.45, 7) is 1.44. The highest BCUT2D eigenvalue weighted by Gasteiger charge is 2.28. The van der Waals surface area contributed by atoms with Crippen LogP contribution in [0.25, 0.3) is 0 Å². The zero-order valence-electron chi connectivity index (χ0n) is 6.54. The predicted molar refractivity (Wildman–Crippen MR) is 46.2 cm³/mol. The van der Waals surface area contributed by atoms with Gasteiger partial charge in [0.15, 0.2) is 0 Å². The van der Waals surface area contributed by atoms with E-state index in [1.165, 1.54) is 6.92 Å². The van der Waals surface area contributed by atoms with E-state index in [4.69, 9.17) is 33.4 Å². The second kappa shape index (κ2) is 3.57. The summed E-state index contributed by atoms with van der Waals surface area (Å²) >= 11 is 11.2. The fourth-order valence-corrected chi connectivity index (χ4v) is 1.22. The van der Waals surface area contributed by atoms with Crippen molar-refractivity contribution in [2.45, 2.75) is 13.2 Å². The van der Waals surface area contributed by atoms with Gasteiger partial charge in [0, 0.05) is 5.57 Å². The van der Waals surface area contributed by atoms with E-state index in [9.17, 15) is 4.79 Å². The molecular formula is C7H6Cl2O4. The van der Waals surface area contributed by atoms with Gasteiger partial charge >= 0.3 is 5.97 Å². The molecule has 0 aromatic heterocycles. The molecule has 0 saturated heterocycles. The van der Waals surface area contributed by atoms with Crippen LogP contribution < -0.4 is 0 Å². The maximum Gasteiger partial charge on any atom is 0.371 e. The first kappa shape index (κ1) is 10.4. The third-order valence-corrected chi connectivity index (χ3v) is 2.48. The van der Waals surface area contributed by atoms with Crippen molar-refractivity contribution in [3.05, 3.63) is 21.4 Å². The van der Waals surface area contributed by atoms with Crippen molar-refractivity contribution in [1.29, 1.82) is 0 Å². The fraction of sp³-hybridized carbons (Fsp3) is 0.286. The number of allylic oxidation sites excluding steroid dienone is 2. The number of rotatable bonds is 1. The molecule has 1 unspecified atom stereocenters. The molecule has 4 nitrogen and oxygen atoms in total. The van der Waals surface area contributed by atoms with Gasteiger partial charge in [-0.2, -0.15) is 0 Å². The number of carbonyl (C=O) groups is 1. The predicted octanol–water partition coefficient (Wildman–Crippen LogP) is 1.38. The summed E-state index contributed by atoms with van der Waals surface area (Å²) in [6.07, 6.45) is -1.50. The van der Waals surface area contributed by atoms with Crippen molar-refractivity contribution in [2.24, 2.45) is 0 Å². The van der Waals surface area contributed by atoms with Crippen molar-refractivity contribution < 1.29 is 19.7 Å². The Labute approximate surface area is 84.0 Å². The van der Waals surface area contributed by atoms with Crippen molar-refractivity contribution >= 4 is 29.2 Å². The van der Waals surface area contributed by atoms with Crippen LogP contribution in [0.2, 0.25) is 0 Å². The molecular weight excluding hydrogens is 219 g/mol. The van der Waals surface area contributed by atoms with E-state index in [0.717, 1.165) is 0 Å². The van der Waals surface area contributed by atoms with Crippen molar-refractivity contribution in [3.63, 3.8) is 0 Å². The molecule has 1 rings (SSSR count). The average molecular weight is 225 g/mol. The van der Waals surface area contributed by atoms with Gasteiger partial charge in [-0.3, -0.25) is 0 Å². The van der Waals surface area contributed by atoms with Gasteiger partial charge in [0.1, 0.15) is 5.03 Å². The molecule has 6 heteroatoms. The normalized spacial score (nSPS) is 23.2. The zero-order chi connectivity index (χ0) is 10.2. The number of hydrogen-bond donors (Lipinski definition) is 2. The van der Waals surface area contributed by atoms with Crippen molar-refractivity contribution in [3.8, 4) is 0 Å². The number of carboxylic acid groups (broad SMARTS) is 1. The Morgan fingerprint density at radius 2 is 2.08 bits per heavy atom. The van der Waals surface area contributed by atoms with Crippen LogP contribution in [0.4, 0.5) is 0 Å². The number of aliphatic carboxylic acids is 1. The van der Waals surface area contributed by atoms with Gasteiger partial charge in [0.2, 0.25) is 12.0 Å². The fourth-order valence-electron chi connectivity index (χ4n) is 0.850. The van der Waals surface area contributed by atoms with Gasteiger partial charge in [-0.15, -0.1) is 0 Å². The third-order valence-electron chi connectivity index (χ3n) is 1.52. The van der Waals surface area contributed by atoms with E-state index in [1.54, 1.807) is 0 Å². The maximum atomic E-state index is 10.5. The molecule has 0 fully saturated rings. The first-order valence-electron chi connectivity index (χ1n) is 3.29. The molecule has 0 spiro atoms. The minimum atomic E-state index is -1.50. The molecule has 0 amide bonds. The Balaban J connectivity index is 3.18. The van der Waals surface area contributed by atoms with Gasteiger partial charge in [-0.25, -0.2) is 4.79 Å². The molecule has 0 bridgehead atoms. The van der Waals surface area contributed by atoms with Crippen LogP contribution >= 0.6 is 23.2 Å². The van der Waals surface area contributed by atoms with E-state index in [0.29, 0.717) is 0 Å². The number of carboxylic acids is 1. The van der Waals surface area contributed by atoms with E-state index in [-0.39, 0.29) is 21.4 Å². The number of aliphatic hydroxyl groups excluding tert-OH is 1. The van der Waals surface area contributed by atoms with Crippen LogP contribution in [0.1, 0.15) is 6.92 Å². The van der Waals surface area contributed by atoms with Crippen molar-refractivity contribution in [1.82, 2.24) is 0 Å². The summed E-state index contributed by atoms with van der Waals surface area (Å²) in [4.78, 5) is 10.5. The Bertz CT molecular complexity index is 318. The summed E-state index contributed by atoms with van der Waals surface area (Å²) in [5.74, 6) is -1.68. The first-order chi connectivity index (χ1) is 5.95. The van der Waals surface area contributed by atoms with Gasteiger partial charge in [0.25, 0.3) is 0 Å². The molecule has 1 heterocycles. The summed E-state index contributed by atoms with van der Waals surface area (Å²) in [6, 6.07) is 0. The maximum absolute atomic E-state index is 10.5. The van der Waals surface area contributed by atoms with Crippen LogP contribution in [0.15, 0.2) is 21.4 Å². The highest BCUT2D eigenvalue weighted by atomic mass is 35.5. The van der Waals surface area contributed by atoms with E-state index in [2.05, 4.69) is 4.74 Å². The number of hydrogen-bond acceptors (Lipinski definition) is 3. The first-order valence-corrected chi connectivity index (χ1v) is 4.05. The van der Waals surface area contributed by atoms with Crippen LogP contribution in [0.5, 0.6) is 0 Å². The lowest BCUT2D eigenvalue weighted by Gasteiger charge is -2.21. The standard InChI is InChI=1S/C7H6Cl2O4/c1-2-3(8)4(9)7(12)13-5(2)6(10)11/h7,12H,1H3,(H,10,11). The van der Waals surface area contributed by atoms with Gasteiger partial charge in [-0.1, -0.05) is 23.2 Å². The molecule has 2 N–H and O–H groups in total. The average Bonchev–Trinajstić information content (AvgIpc) is 2.07. The van der Waals surface area contributed by atoms with E-state index < -0.39 is 12.3 Å². The van der Waals surface area contributed by atoms with Crippen LogP contribution in [0.3, 0.4) is 0 Å². The zero-order valence-corrected chi connectivity index (χ0v) is 8.06. The molecule has 1 atom stereocenters. The highest BCUT2D eigenvalue weighted by Crippen LogP contribution is 2.33. The van der Waals surface area contributed by atoms with Gasteiger partial charge in [-0.05, 0) is 6.92 Å². The molecule has 0 aromatic rings. The molecule has 0 saturated carbocycles. The molecule has 1 aliphatic heterocycles. The van der Waals surface area contributed by atoms with E-state index in [1.807, 2.05) is 0 Å². The summed E-state index contributed by atoms with van der Waals surface area (Å²) in [5, 5.41) is 17.6. The van der Waals surface area contributed by atoms with Crippen LogP contribution in [-0.4, -0.2) is 22.5 Å². The Morgan fingerprint density at radius 1 is 1.54 bits per heavy atom. The second-order valence-electron chi connectivity index (χ2n) is 2.39. The monoisotopic (exact) mass is 224 g/mol. The van der Waals surface area contributed by atoms with Crippen LogP contribution in [0, 0.1) is 0 Å². The van der Waals surface area contributed by atoms with Crippen LogP contribution in [-0.2, 0) is 9.53 Å². The summed E-state index contributed by atoms with van der Waals surface area (Å²) in [7, 11) is 0. The second-order valence-corrected chi connectivity index (χ2v) is 3.18. The van der Waals surface area contributed by atoms with Gasteiger partial charge in [0.05, 0.1) is 5.03 Å². The minimum Gasteiger partial charge on any atom is -0.475 e. The molecule has 0 radical (unpaired) electrons.